The average molecular weight is 284 g/mol. The van der Waals surface area contributed by atoms with E-state index in [0.717, 1.165) is 35.3 Å². The third kappa shape index (κ3) is 1.93. The summed E-state index contributed by atoms with van der Waals surface area (Å²) in [4.78, 5) is 0. The maximum Gasteiger partial charge on any atom is 0.144 e. The van der Waals surface area contributed by atoms with Crippen molar-refractivity contribution in [3.05, 3.63) is 22.2 Å². The third-order valence-electron chi connectivity index (χ3n) is 3.47. The molecule has 0 aromatic heterocycles. The Morgan fingerprint density at radius 2 is 2.06 bits per heavy atom. The SMILES string of the molecule is CCC1(CC)CNc2c(C)cc(Br)cc2O1. The van der Waals surface area contributed by atoms with Gasteiger partial charge in [-0.25, -0.2) is 0 Å². The lowest BCUT2D eigenvalue weighted by molar-refractivity contribution is 0.0669. The highest BCUT2D eigenvalue weighted by molar-refractivity contribution is 9.10. The number of anilines is 1. The molecule has 0 bridgehead atoms. The molecular weight excluding hydrogens is 266 g/mol. The zero-order valence-electron chi connectivity index (χ0n) is 10.1. The maximum absolute atomic E-state index is 6.19. The molecule has 0 fully saturated rings. The van der Waals surface area contributed by atoms with Crippen LogP contribution in [0.5, 0.6) is 5.75 Å². The first-order valence-electron chi connectivity index (χ1n) is 5.83. The molecule has 0 atom stereocenters. The average Bonchev–Trinajstić information content (AvgIpc) is 2.27. The van der Waals surface area contributed by atoms with Gasteiger partial charge in [0.1, 0.15) is 11.4 Å². The van der Waals surface area contributed by atoms with E-state index in [1.807, 2.05) is 0 Å². The molecule has 1 N–H and O–H groups in total. The second kappa shape index (κ2) is 4.28. The zero-order chi connectivity index (χ0) is 11.8. The summed E-state index contributed by atoms with van der Waals surface area (Å²) in [5.41, 5.74) is 2.33. The molecule has 2 nitrogen and oxygen atoms in total. The predicted molar refractivity (Wildman–Crippen MR) is 71.3 cm³/mol. The summed E-state index contributed by atoms with van der Waals surface area (Å²) < 4.78 is 7.26. The summed E-state index contributed by atoms with van der Waals surface area (Å²) in [6.07, 6.45) is 2.06. The molecule has 16 heavy (non-hydrogen) atoms. The van der Waals surface area contributed by atoms with Crippen LogP contribution in [0.4, 0.5) is 5.69 Å². The number of fused-ring (bicyclic) bond motifs is 1. The van der Waals surface area contributed by atoms with Gasteiger partial charge in [-0.05, 0) is 37.5 Å². The summed E-state index contributed by atoms with van der Waals surface area (Å²) in [5, 5.41) is 3.51. The van der Waals surface area contributed by atoms with Gasteiger partial charge in [-0.3, -0.25) is 0 Å². The van der Waals surface area contributed by atoms with Crippen molar-refractivity contribution in [2.75, 3.05) is 11.9 Å². The molecule has 0 unspecified atom stereocenters. The van der Waals surface area contributed by atoms with Gasteiger partial charge in [0.25, 0.3) is 0 Å². The van der Waals surface area contributed by atoms with Crippen molar-refractivity contribution in [1.82, 2.24) is 0 Å². The van der Waals surface area contributed by atoms with Crippen LogP contribution in [0.15, 0.2) is 16.6 Å². The molecule has 0 amide bonds. The molecule has 1 aliphatic heterocycles. The van der Waals surface area contributed by atoms with E-state index < -0.39 is 0 Å². The molecule has 0 saturated heterocycles. The van der Waals surface area contributed by atoms with Crippen LogP contribution in [-0.2, 0) is 0 Å². The van der Waals surface area contributed by atoms with Crippen molar-refractivity contribution in [2.45, 2.75) is 39.2 Å². The molecular formula is C13H18BrNO. The van der Waals surface area contributed by atoms with Crippen molar-refractivity contribution in [3.63, 3.8) is 0 Å². The van der Waals surface area contributed by atoms with Gasteiger partial charge in [-0.1, -0.05) is 29.8 Å². The van der Waals surface area contributed by atoms with Gasteiger partial charge in [0, 0.05) is 4.47 Å². The minimum absolute atomic E-state index is 0.0414. The van der Waals surface area contributed by atoms with Crippen molar-refractivity contribution in [2.24, 2.45) is 0 Å². The summed E-state index contributed by atoms with van der Waals surface area (Å²) in [6.45, 7) is 7.36. The molecule has 1 aromatic rings. The number of ether oxygens (including phenoxy) is 1. The molecule has 1 aromatic carbocycles. The van der Waals surface area contributed by atoms with E-state index in [0.29, 0.717) is 0 Å². The Bertz CT molecular complexity index is 399. The lowest BCUT2D eigenvalue weighted by Gasteiger charge is -2.38. The van der Waals surface area contributed by atoms with Gasteiger partial charge in [0.05, 0.1) is 12.2 Å². The quantitative estimate of drug-likeness (QED) is 0.882. The summed E-state index contributed by atoms with van der Waals surface area (Å²) in [6, 6.07) is 4.16. The molecule has 1 heterocycles. The summed E-state index contributed by atoms with van der Waals surface area (Å²) >= 11 is 3.51. The van der Waals surface area contributed by atoms with E-state index in [4.69, 9.17) is 4.74 Å². The molecule has 0 saturated carbocycles. The van der Waals surface area contributed by atoms with Crippen LogP contribution in [-0.4, -0.2) is 12.1 Å². The normalized spacial score (nSPS) is 17.2. The Morgan fingerprint density at radius 1 is 1.38 bits per heavy atom. The first kappa shape index (κ1) is 11.8. The zero-order valence-corrected chi connectivity index (χ0v) is 11.6. The van der Waals surface area contributed by atoms with Crippen molar-refractivity contribution >= 4 is 21.6 Å². The predicted octanol–water partition coefficient (Wildman–Crippen LogP) is 4.12. The molecule has 0 radical (unpaired) electrons. The Hall–Kier alpha value is -0.700. The number of benzene rings is 1. The second-order valence-electron chi connectivity index (χ2n) is 4.44. The smallest absolute Gasteiger partial charge is 0.144 e. The number of rotatable bonds is 2. The minimum Gasteiger partial charge on any atom is -0.483 e. The fourth-order valence-electron chi connectivity index (χ4n) is 2.18. The van der Waals surface area contributed by atoms with Crippen LogP contribution in [0.3, 0.4) is 0 Å². The van der Waals surface area contributed by atoms with Crippen LogP contribution in [0, 0.1) is 6.92 Å². The van der Waals surface area contributed by atoms with E-state index in [1.54, 1.807) is 0 Å². The van der Waals surface area contributed by atoms with E-state index in [9.17, 15) is 0 Å². The number of aryl methyl sites for hydroxylation is 1. The first-order chi connectivity index (χ1) is 7.60. The number of halogens is 1. The molecule has 88 valence electrons. The lowest BCUT2D eigenvalue weighted by atomic mass is 9.94. The number of nitrogens with one attached hydrogen (secondary N) is 1. The van der Waals surface area contributed by atoms with Crippen LogP contribution in [0.1, 0.15) is 32.3 Å². The second-order valence-corrected chi connectivity index (χ2v) is 5.36. The van der Waals surface area contributed by atoms with Crippen molar-refractivity contribution < 1.29 is 4.74 Å². The molecule has 3 heteroatoms. The van der Waals surface area contributed by atoms with Crippen molar-refractivity contribution in [1.29, 1.82) is 0 Å². The fourth-order valence-corrected chi connectivity index (χ4v) is 2.73. The highest BCUT2D eigenvalue weighted by Gasteiger charge is 2.33. The largest absolute Gasteiger partial charge is 0.483 e. The van der Waals surface area contributed by atoms with Gasteiger partial charge in [0.15, 0.2) is 0 Å². The van der Waals surface area contributed by atoms with E-state index in [2.05, 4.69) is 54.2 Å². The lowest BCUT2D eigenvalue weighted by Crippen LogP contribution is -2.45. The van der Waals surface area contributed by atoms with Crippen LogP contribution in [0.25, 0.3) is 0 Å². The monoisotopic (exact) mass is 283 g/mol. The minimum atomic E-state index is -0.0414. The maximum atomic E-state index is 6.19. The molecule has 0 aliphatic carbocycles. The fraction of sp³-hybridized carbons (Fsp3) is 0.538. The van der Waals surface area contributed by atoms with Gasteiger partial charge in [0.2, 0.25) is 0 Å². The molecule has 0 spiro atoms. The van der Waals surface area contributed by atoms with Gasteiger partial charge >= 0.3 is 0 Å². The Balaban J connectivity index is 2.40. The van der Waals surface area contributed by atoms with Gasteiger partial charge in [-0.2, -0.15) is 0 Å². The summed E-state index contributed by atoms with van der Waals surface area (Å²) in [7, 11) is 0. The Kier molecular flexibility index (Phi) is 3.15. The molecule has 1 aliphatic rings. The van der Waals surface area contributed by atoms with E-state index in [1.165, 1.54) is 5.56 Å². The van der Waals surface area contributed by atoms with Crippen molar-refractivity contribution in [3.8, 4) is 5.75 Å². The van der Waals surface area contributed by atoms with Gasteiger partial charge < -0.3 is 10.1 Å². The van der Waals surface area contributed by atoms with Crippen LogP contribution in [0.2, 0.25) is 0 Å². The third-order valence-corrected chi connectivity index (χ3v) is 3.92. The Morgan fingerprint density at radius 3 is 2.69 bits per heavy atom. The molecule has 2 rings (SSSR count). The Labute approximate surface area is 106 Å². The topological polar surface area (TPSA) is 21.3 Å². The number of hydrogen-bond donors (Lipinski definition) is 1. The van der Waals surface area contributed by atoms with E-state index >= 15 is 0 Å². The standard InChI is InChI=1S/C13H18BrNO/c1-4-13(5-2)8-15-12-9(3)6-10(14)7-11(12)16-13/h6-7,15H,4-5,8H2,1-3H3. The number of hydrogen-bond acceptors (Lipinski definition) is 2. The van der Waals surface area contributed by atoms with Crippen LogP contribution < -0.4 is 10.1 Å². The highest BCUT2D eigenvalue weighted by atomic mass is 79.9. The first-order valence-corrected chi connectivity index (χ1v) is 6.62. The highest BCUT2D eigenvalue weighted by Crippen LogP contribution is 2.39. The van der Waals surface area contributed by atoms with Crippen LogP contribution >= 0.6 is 15.9 Å². The van der Waals surface area contributed by atoms with E-state index in [-0.39, 0.29) is 5.60 Å². The summed E-state index contributed by atoms with van der Waals surface area (Å²) in [5.74, 6) is 0.974. The van der Waals surface area contributed by atoms with Gasteiger partial charge in [-0.15, -0.1) is 0 Å².